The predicted octanol–water partition coefficient (Wildman–Crippen LogP) is 4.45. The quantitative estimate of drug-likeness (QED) is 0.756. The summed E-state index contributed by atoms with van der Waals surface area (Å²) >= 11 is 5.88. The van der Waals surface area contributed by atoms with Crippen molar-refractivity contribution < 1.29 is 13.2 Å². The molecule has 156 valence electrons. The molecule has 0 spiro atoms. The van der Waals surface area contributed by atoms with Crippen LogP contribution in [0, 0.1) is 26.7 Å². The van der Waals surface area contributed by atoms with Crippen LogP contribution in [0.25, 0.3) is 0 Å². The molecule has 1 fully saturated rings. The minimum absolute atomic E-state index is 0.0886. The molecule has 1 amide bonds. The van der Waals surface area contributed by atoms with Gasteiger partial charge in [-0.2, -0.15) is 0 Å². The number of hydrogen-bond donors (Lipinski definition) is 1. The maximum absolute atomic E-state index is 12.9. The minimum atomic E-state index is -3.50. The Hall–Kier alpha value is -1.89. The summed E-state index contributed by atoms with van der Waals surface area (Å²) in [6.07, 6.45) is 1.35. The summed E-state index contributed by atoms with van der Waals surface area (Å²) in [5.74, 6) is -0.565. The number of carbonyl (C=O) groups excluding carboxylic acids is 1. The summed E-state index contributed by atoms with van der Waals surface area (Å²) in [7, 11) is -3.50. The summed E-state index contributed by atoms with van der Waals surface area (Å²) in [4.78, 5) is 12.9. The number of benzene rings is 2. The molecule has 7 heteroatoms. The van der Waals surface area contributed by atoms with E-state index < -0.39 is 10.0 Å². The number of carbonyl (C=O) groups is 1. The smallest absolute Gasteiger partial charge is 0.228 e. The number of nitrogens with zero attached hydrogens (tertiary/aromatic N) is 1. The summed E-state index contributed by atoms with van der Waals surface area (Å²) in [5.41, 5.74) is 4.68. The van der Waals surface area contributed by atoms with E-state index in [4.69, 9.17) is 11.6 Å². The number of amides is 1. The van der Waals surface area contributed by atoms with Gasteiger partial charge in [0.05, 0.1) is 11.7 Å². The van der Waals surface area contributed by atoms with Gasteiger partial charge in [0.1, 0.15) is 0 Å². The van der Waals surface area contributed by atoms with Gasteiger partial charge >= 0.3 is 0 Å². The Bertz CT molecular complexity index is 980. The number of sulfonamides is 1. The molecule has 1 atom stereocenters. The average Bonchev–Trinajstić information content (AvgIpc) is 2.66. The second kappa shape index (κ2) is 8.86. The molecule has 2 aromatic carbocycles. The van der Waals surface area contributed by atoms with Gasteiger partial charge in [0.2, 0.25) is 15.9 Å². The van der Waals surface area contributed by atoms with E-state index in [1.54, 1.807) is 24.3 Å². The molecule has 5 nitrogen and oxygen atoms in total. The number of hydrogen-bond acceptors (Lipinski definition) is 3. The van der Waals surface area contributed by atoms with Crippen LogP contribution in [-0.2, 0) is 20.6 Å². The first kappa shape index (κ1) is 21.8. The standard InChI is InChI=1S/C22H27ClN2O3S/c1-15-11-16(2)21(17(3)12-15)24-22(26)19-5-4-10-25(13-19)29(27,28)14-18-6-8-20(23)9-7-18/h6-9,11-12,19H,4-5,10,13-14H2,1-3H3,(H,24,26)/t19-/m1/s1. The number of halogens is 1. The van der Waals surface area contributed by atoms with Crippen molar-refractivity contribution in [1.29, 1.82) is 0 Å². The van der Waals surface area contributed by atoms with Crippen molar-refractivity contribution in [3.8, 4) is 0 Å². The fraction of sp³-hybridized carbons (Fsp3) is 0.409. The molecule has 3 rings (SSSR count). The normalized spacial score (nSPS) is 17.9. The molecule has 0 saturated carbocycles. The molecule has 1 N–H and O–H groups in total. The molecule has 0 unspecified atom stereocenters. The second-order valence-electron chi connectivity index (χ2n) is 7.84. The lowest BCUT2D eigenvalue weighted by Gasteiger charge is -2.31. The molecule has 29 heavy (non-hydrogen) atoms. The third-order valence-electron chi connectivity index (χ3n) is 5.34. The zero-order valence-corrected chi connectivity index (χ0v) is 18.6. The Balaban J connectivity index is 1.69. The van der Waals surface area contributed by atoms with Crippen LogP contribution in [0.5, 0.6) is 0 Å². The van der Waals surface area contributed by atoms with E-state index >= 15 is 0 Å². The van der Waals surface area contributed by atoms with Crippen molar-refractivity contribution >= 4 is 33.2 Å². The van der Waals surface area contributed by atoms with Gasteiger partial charge in [0.15, 0.2) is 0 Å². The lowest BCUT2D eigenvalue weighted by molar-refractivity contribution is -0.120. The Morgan fingerprint density at radius 3 is 2.38 bits per heavy atom. The molecule has 1 saturated heterocycles. The van der Waals surface area contributed by atoms with E-state index in [-0.39, 0.29) is 24.1 Å². The minimum Gasteiger partial charge on any atom is -0.325 e. The lowest BCUT2D eigenvalue weighted by Crippen LogP contribution is -2.44. The summed E-state index contributed by atoms with van der Waals surface area (Å²) in [6, 6.07) is 10.9. The van der Waals surface area contributed by atoms with Gasteiger partial charge in [-0.25, -0.2) is 12.7 Å². The maximum Gasteiger partial charge on any atom is 0.228 e. The maximum atomic E-state index is 12.9. The molecule has 1 aliphatic rings. The predicted molar refractivity (Wildman–Crippen MR) is 118 cm³/mol. The van der Waals surface area contributed by atoms with E-state index in [2.05, 4.69) is 5.32 Å². The van der Waals surface area contributed by atoms with Gasteiger partial charge in [-0.15, -0.1) is 0 Å². The first-order chi connectivity index (χ1) is 13.7. The number of rotatable bonds is 5. The highest BCUT2D eigenvalue weighted by atomic mass is 35.5. The zero-order chi connectivity index (χ0) is 21.2. The Morgan fingerprint density at radius 1 is 1.14 bits per heavy atom. The SMILES string of the molecule is Cc1cc(C)c(NC(=O)[C@@H]2CCCN(S(=O)(=O)Cc3ccc(Cl)cc3)C2)c(C)c1. The van der Waals surface area contributed by atoms with Crippen LogP contribution in [0.1, 0.15) is 35.1 Å². The highest BCUT2D eigenvalue weighted by Gasteiger charge is 2.32. The van der Waals surface area contributed by atoms with Crippen molar-refractivity contribution in [2.24, 2.45) is 5.92 Å². The topological polar surface area (TPSA) is 66.5 Å². The van der Waals surface area contributed by atoms with Crippen molar-refractivity contribution in [1.82, 2.24) is 4.31 Å². The number of anilines is 1. The zero-order valence-electron chi connectivity index (χ0n) is 17.0. The van der Waals surface area contributed by atoms with Gasteiger partial charge in [0, 0.05) is 23.8 Å². The van der Waals surface area contributed by atoms with E-state index in [9.17, 15) is 13.2 Å². The first-order valence-corrected chi connectivity index (χ1v) is 11.8. The average molecular weight is 435 g/mol. The monoisotopic (exact) mass is 434 g/mol. The number of piperidine rings is 1. The van der Waals surface area contributed by atoms with Crippen LogP contribution in [0.3, 0.4) is 0 Å². The molecule has 0 radical (unpaired) electrons. The Kier molecular flexibility index (Phi) is 6.66. The molecule has 0 aliphatic carbocycles. The van der Waals surface area contributed by atoms with E-state index in [1.807, 2.05) is 32.9 Å². The number of nitrogens with one attached hydrogen (secondary N) is 1. The van der Waals surface area contributed by atoms with Gasteiger partial charge in [-0.05, 0) is 62.4 Å². The van der Waals surface area contributed by atoms with Crippen molar-refractivity contribution in [3.63, 3.8) is 0 Å². The highest BCUT2D eigenvalue weighted by molar-refractivity contribution is 7.88. The Labute approximate surface area is 178 Å². The Morgan fingerprint density at radius 2 is 1.76 bits per heavy atom. The fourth-order valence-corrected chi connectivity index (χ4v) is 5.63. The summed E-state index contributed by atoms with van der Waals surface area (Å²) in [5, 5.41) is 3.60. The largest absolute Gasteiger partial charge is 0.325 e. The van der Waals surface area contributed by atoms with Gasteiger partial charge in [-0.1, -0.05) is 41.4 Å². The van der Waals surface area contributed by atoms with Crippen LogP contribution < -0.4 is 5.32 Å². The molecule has 2 aromatic rings. The molecular formula is C22H27ClN2O3S. The molecule has 1 heterocycles. The van der Waals surface area contributed by atoms with Gasteiger partial charge in [0.25, 0.3) is 0 Å². The van der Waals surface area contributed by atoms with Crippen LogP contribution >= 0.6 is 11.6 Å². The molecule has 1 aliphatic heterocycles. The molecule has 0 aromatic heterocycles. The fourth-order valence-electron chi connectivity index (χ4n) is 3.89. The third kappa shape index (κ3) is 5.38. The van der Waals surface area contributed by atoms with Crippen LogP contribution in [0.15, 0.2) is 36.4 Å². The van der Waals surface area contributed by atoms with Crippen LogP contribution in [0.2, 0.25) is 5.02 Å². The summed E-state index contributed by atoms with van der Waals surface area (Å²) in [6.45, 7) is 6.63. The van der Waals surface area contributed by atoms with E-state index in [0.717, 1.165) is 22.4 Å². The van der Waals surface area contributed by atoms with Crippen LogP contribution in [-0.4, -0.2) is 31.7 Å². The lowest BCUT2D eigenvalue weighted by atomic mass is 9.98. The van der Waals surface area contributed by atoms with Gasteiger partial charge in [-0.3, -0.25) is 4.79 Å². The van der Waals surface area contributed by atoms with Crippen molar-refractivity contribution in [2.75, 3.05) is 18.4 Å². The molecular weight excluding hydrogens is 408 g/mol. The van der Waals surface area contributed by atoms with E-state index in [1.165, 1.54) is 4.31 Å². The summed E-state index contributed by atoms with van der Waals surface area (Å²) < 4.78 is 27.2. The second-order valence-corrected chi connectivity index (χ2v) is 10.2. The van der Waals surface area contributed by atoms with Crippen LogP contribution in [0.4, 0.5) is 5.69 Å². The molecule has 0 bridgehead atoms. The first-order valence-electron chi connectivity index (χ1n) is 9.76. The van der Waals surface area contributed by atoms with Crippen molar-refractivity contribution in [3.05, 3.63) is 63.7 Å². The van der Waals surface area contributed by atoms with Gasteiger partial charge < -0.3 is 5.32 Å². The van der Waals surface area contributed by atoms with Crippen molar-refractivity contribution in [2.45, 2.75) is 39.4 Å². The van der Waals surface area contributed by atoms with E-state index in [0.29, 0.717) is 30.0 Å². The number of aryl methyl sites for hydroxylation is 3. The highest BCUT2D eigenvalue weighted by Crippen LogP contribution is 2.26. The third-order valence-corrected chi connectivity index (χ3v) is 7.40.